The summed E-state index contributed by atoms with van der Waals surface area (Å²) in [5.41, 5.74) is 2.08. The summed E-state index contributed by atoms with van der Waals surface area (Å²) in [6.07, 6.45) is 0. The molecule has 0 aromatic heterocycles. The molecule has 1 aliphatic heterocycles. The SMILES string of the molecule is COc1ccc(C(NC(=O)C2CNC2)c2ccccc2)cc1Br.Cl. The Hall–Kier alpha value is -1.56. The van der Waals surface area contributed by atoms with E-state index in [0.717, 1.165) is 34.4 Å². The largest absolute Gasteiger partial charge is 0.496 e. The van der Waals surface area contributed by atoms with Crippen LogP contribution in [0.5, 0.6) is 5.75 Å². The molecule has 0 radical (unpaired) electrons. The predicted molar refractivity (Wildman–Crippen MR) is 101 cm³/mol. The molecule has 0 aliphatic carbocycles. The van der Waals surface area contributed by atoms with Gasteiger partial charge in [0.25, 0.3) is 0 Å². The van der Waals surface area contributed by atoms with Gasteiger partial charge < -0.3 is 15.4 Å². The molecule has 1 unspecified atom stereocenters. The van der Waals surface area contributed by atoms with Crippen LogP contribution in [0.2, 0.25) is 0 Å². The van der Waals surface area contributed by atoms with Crippen molar-refractivity contribution in [3.8, 4) is 5.75 Å². The highest BCUT2D eigenvalue weighted by Gasteiger charge is 2.27. The minimum Gasteiger partial charge on any atom is -0.496 e. The lowest BCUT2D eigenvalue weighted by molar-refractivity contribution is -0.126. The molecule has 1 saturated heterocycles. The molecule has 4 nitrogen and oxygen atoms in total. The van der Waals surface area contributed by atoms with E-state index in [1.165, 1.54) is 0 Å². The van der Waals surface area contributed by atoms with E-state index in [1.807, 2.05) is 48.5 Å². The summed E-state index contributed by atoms with van der Waals surface area (Å²) in [6, 6.07) is 15.7. The maximum absolute atomic E-state index is 12.4. The molecular weight excluding hydrogens is 392 g/mol. The summed E-state index contributed by atoms with van der Waals surface area (Å²) in [5.74, 6) is 0.919. The number of benzene rings is 2. The van der Waals surface area contributed by atoms with Gasteiger partial charge in [-0.2, -0.15) is 0 Å². The van der Waals surface area contributed by atoms with Crippen LogP contribution in [0.4, 0.5) is 0 Å². The topological polar surface area (TPSA) is 50.4 Å². The second-order valence-electron chi connectivity index (χ2n) is 5.60. The lowest BCUT2D eigenvalue weighted by Gasteiger charge is -2.29. The zero-order chi connectivity index (χ0) is 16.2. The molecule has 1 aliphatic rings. The van der Waals surface area contributed by atoms with E-state index in [9.17, 15) is 4.79 Å². The zero-order valence-corrected chi connectivity index (χ0v) is 15.7. The van der Waals surface area contributed by atoms with Gasteiger partial charge in [-0.05, 0) is 39.2 Å². The highest BCUT2D eigenvalue weighted by Crippen LogP contribution is 2.31. The first kappa shape index (κ1) is 18.8. The van der Waals surface area contributed by atoms with E-state index in [4.69, 9.17) is 4.74 Å². The van der Waals surface area contributed by atoms with Gasteiger partial charge in [0, 0.05) is 13.1 Å². The van der Waals surface area contributed by atoms with E-state index in [2.05, 4.69) is 26.6 Å². The maximum Gasteiger partial charge on any atom is 0.226 e. The molecule has 2 aromatic rings. The van der Waals surface area contributed by atoms with Gasteiger partial charge in [-0.1, -0.05) is 36.4 Å². The molecule has 0 saturated carbocycles. The van der Waals surface area contributed by atoms with Gasteiger partial charge >= 0.3 is 0 Å². The number of halogens is 2. The van der Waals surface area contributed by atoms with Crippen LogP contribution in [-0.2, 0) is 4.79 Å². The number of hydrogen-bond acceptors (Lipinski definition) is 3. The summed E-state index contributed by atoms with van der Waals surface area (Å²) < 4.78 is 6.16. The molecule has 3 rings (SSSR count). The standard InChI is InChI=1S/C18H19BrN2O2.ClH/c1-23-16-8-7-13(9-15(16)19)17(12-5-3-2-4-6-12)21-18(22)14-10-20-11-14;/h2-9,14,17,20H,10-11H2,1H3,(H,21,22);1H. The molecule has 0 spiro atoms. The Morgan fingerprint density at radius 1 is 1.21 bits per heavy atom. The Bertz CT molecular complexity index is 693. The fourth-order valence-electron chi connectivity index (χ4n) is 2.60. The van der Waals surface area contributed by atoms with E-state index >= 15 is 0 Å². The Kier molecular flexibility index (Phi) is 6.66. The second kappa shape index (κ2) is 8.51. The van der Waals surface area contributed by atoms with E-state index in [0.29, 0.717) is 0 Å². The third kappa shape index (κ3) is 4.09. The molecule has 6 heteroatoms. The summed E-state index contributed by atoms with van der Waals surface area (Å²) in [7, 11) is 1.64. The molecule has 1 heterocycles. The molecular formula is C18H20BrClN2O2. The van der Waals surface area contributed by atoms with Crippen LogP contribution >= 0.6 is 28.3 Å². The minimum atomic E-state index is -0.175. The second-order valence-corrected chi connectivity index (χ2v) is 6.46. The molecule has 24 heavy (non-hydrogen) atoms. The van der Waals surface area contributed by atoms with Gasteiger partial charge in [-0.15, -0.1) is 12.4 Å². The van der Waals surface area contributed by atoms with E-state index < -0.39 is 0 Å². The van der Waals surface area contributed by atoms with Crippen molar-refractivity contribution in [1.29, 1.82) is 0 Å². The zero-order valence-electron chi connectivity index (χ0n) is 13.3. The Morgan fingerprint density at radius 2 is 1.92 bits per heavy atom. The lowest BCUT2D eigenvalue weighted by atomic mass is 9.96. The Labute approximate surface area is 156 Å². The van der Waals surface area contributed by atoms with Crippen LogP contribution in [0.15, 0.2) is 53.0 Å². The third-order valence-electron chi connectivity index (χ3n) is 4.08. The van der Waals surface area contributed by atoms with Crippen LogP contribution in [0.1, 0.15) is 17.2 Å². The van der Waals surface area contributed by atoms with Crippen LogP contribution in [0, 0.1) is 5.92 Å². The average molecular weight is 412 g/mol. The van der Waals surface area contributed by atoms with Gasteiger partial charge in [0.2, 0.25) is 5.91 Å². The van der Waals surface area contributed by atoms with Gasteiger partial charge in [0.05, 0.1) is 23.5 Å². The van der Waals surface area contributed by atoms with Crippen molar-refractivity contribution < 1.29 is 9.53 Å². The molecule has 128 valence electrons. The number of hydrogen-bond donors (Lipinski definition) is 2. The Balaban J connectivity index is 0.00000208. The molecule has 1 fully saturated rings. The number of rotatable bonds is 5. The summed E-state index contributed by atoms with van der Waals surface area (Å²) in [4.78, 5) is 12.4. The van der Waals surface area contributed by atoms with E-state index in [1.54, 1.807) is 7.11 Å². The third-order valence-corrected chi connectivity index (χ3v) is 4.70. The molecule has 0 bridgehead atoms. The first-order valence-corrected chi connectivity index (χ1v) is 8.38. The minimum absolute atomic E-state index is 0. The van der Waals surface area contributed by atoms with Gasteiger partial charge in [0.1, 0.15) is 5.75 Å². The molecule has 1 amide bonds. The average Bonchev–Trinajstić information content (AvgIpc) is 2.51. The molecule has 2 aromatic carbocycles. The van der Waals surface area contributed by atoms with Crippen LogP contribution < -0.4 is 15.4 Å². The number of methoxy groups -OCH3 is 1. The highest BCUT2D eigenvalue weighted by molar-refractivity contribution is 9.10. The predicted octanol–water partition coefficient (Wildman–Crippen LogP) is 3.30. The van der Waals surface area contributed by atoms with Crippen molar-refractivity contribution in [1.82, 2.24) is 10.6 Å². The van der Waals surface area contributed by atoms with Gasteiger partial charge in [-0.3, -0.25) is 4.79 Å². The number of amides is 1. The summed E-state index contributed by atoms with van der Waals surface area (Å²) in [6.45, 7) is 1.50. The molecule has 1 atom stereocenters. The van der Waals surface area contributed by atoms with Gasteiger partial charge in [0.15, 0.2) is 0 Å². The van der Waals surface area contributed by atoms with Crippen molar-refractivity contribution in [2.75, 3.05) is 20.2 Å². The Morgan fingerprint density at radius 3 is 2.46 bits per heavy atom. The van der Waals surface area contributed by atoms with Crippen molar-refractivity contribution in [3.05, 3.63) is 64.1 Å². The number of carbonyl (C=O) groups excluding carboxylic acids is 1. The lowest BCUT2D eigenvalue weighted by Crippen LogP contribution is -2.51. The quantitative estimate of drug-likeness (QED) is 0.794. The first-order chi connectivity index (χ1) is 11.2. The van der Waals surface area contributed by atoms with Crippen molar-refractivity contribution in [2.45, 2.75) is 6.04 Å². The highest BCUT2D eigenvalue weighted by atomic mass is 79.9. The van der Waals surface area contributed by atoms with Crippen molar-refractivity contribution >= 4 is 34.2 Å². The molecule has 2 N–H and O–H groups in total. The van der Waals surface area contributed by atoms with Crippen LogP contribution in [-0.4, -0.2) is 26.1 Å². The number of nitrogens with one attached hydrogen (secondary N) is 2. The fourth-order valence-corrected chi connectivity index (χ4v) is 3.16. The van der Waals surface area contributed by atoms with Crippen molar-refractivity contribution in [2.24, 2.45) is 5.92 Å². The maximum atomic E-state index is 12.4. The summed E-state index contributed by atoms with van der Waals surface area (Å²) in [5, 5.41) is 6.31. The normalized spacial score (nSPS) is 14.9. The first-order valence-electron chi connectivity index (χ1n) is 7.58. The van der Waals surface area contributed by atoms with Gasteiger partial charge in [-0.25, -0.2) is 0 Å². The smallest absolute Gasteiger partial charge is 0.226 e. The van der Waals surface area contributed by atoms with Crippen molar-refractivity contribution in [3.63, 3.8) is 0 Å². The summed E-state index contributed by atoms with van der Waals surface area (Å²) >= 11 is 3.52. The fraction of sp³-hybridized carbons (Fsp3) is 0.278. The van der Waals surface area contributed by atoms with Crippen LogP contribution in [0.25, 0.3) is 0 Å². The monoisotopic (exact) mass is 410 g/mol. The van der Waals surface area contributed by atoms with E-state index in [-0.39, 0.29) is 30.3 Å². The van der Waals surface area contributed by atoms with Crippen LogP contribution in [0.3, 0.4) is 0 Å². The number of ether oxygens (including phenoxy) is 1. The number of carbonyl (C=O) groups is 1.